The van der Waals surface area contributed by atoms with Gasteiger partial charge in [0.1, 0.15) is 0 Å². The van der Waals surface area contributed by atoms with Gasteiger partial charge in [-0.15, -0.1) is 0 Å². The molecule has 0 aromatic rings. The highest BCUT2D eigenvalue weighted by atomic mass is 16.2. The Bertz CT molecular complexity index is 286. The number of hydrogen-bond acceptors (Lipinski definition) is 2. The summed E-state index contributed by atoms with van der Waals surface area (Å²) in [7, 11) is 0. The molecule has 3 fully saturated rings. The molecule has 3 unspecified atom stereocenters. The summed E-state index contributed by atoms with van der Waals surface area (Å²) in [5.41, 5.74) is 0. The molecule has 2 saturated carbocycles. The molecule has 3 aliphatic rings. The summed E-state index contributed by atoms with van der Waals surface area (Å²) >= 11 is 0. The van der Waals surface area contributed by atoms with Crippen LogP contribution >= 0.6 is 0 Å². The molecule has 0 radical (unpaired) electrons. The molecule has 2 N–H and O–H groups in total. The van der Waals surface area contributed by atoms with E-state index in [2.05, 4.69) is 17.6 Å². The molecule has 1 saturated heterocycles. The van der Waals surface area contributed by atoms with Crippen LogP contribution in [0.1, 0.15) is 39.0 Å². The predicted molar refractivity (Wildman–Crippen MR) is 63.0 cm³/mol. The maximum atomic E-state index is 12.1. The van der Waals surface area contributed by atoms with Crippen LogP contribution in [0.25, 0.3) is 0 Å². The lowest BCUT2D eigenvalue weighted by atomic mass is 9.81. The third kappa shape index (κ3) is 1.75. The normalized spacial score (nSPS) is 46.2. The molecule has 0 spiro atoms. The Morgan fingerprint density at radius 2 is 2.12 bits per heavy atom. The van der Waals surface area contributed by atoms with E-state index in [4.69, 9.17) is 0 Å². The van der Waals surface area contributed by atoms with E-state index in [1.807, 2.05) is 0 Å². The Labute approximate surface area is 97.4 Å². The summed E-state index contributed by atoms with van der Waals surface area (Å²) < 4.78 is 0. The van der Waals surface area contributed by atoms with Crippen molar-refractivity contribution in [3.8, 4) is 0 Å². The third-order valence-electron chi connectivity index (χ3n) is 4.75. The van der Waals surface area contributed by atoms with E-state index in [9.17, 15) is 4.79 Å². The molecule has 1 heterocycles. The van der Waals surface area contributed by atoms with Crippen molar-refractivity contribution in [2.24, 2.45) is 17.8 Å². The van der Waals surface area contributed by atoms with Crippen molar-refractivity contribution < 1.29 is 4.79 Å². The second-order valence-corrected chi connectivity index (χ2v) is 6.02. The molecular formula is C13H22N2O. The molecule has 3 nitrogen and oxygen atoms in total. The van der Waals surface area contributed by atoms with Gasteiger partial charge in [-0.25, -0.2) is 0 Å². The number of fused-ring (bicyclic) bond motifs is 1. The topological polar surface area (TPSA) is 41.1 Å². The lowest BCUT2D eigenvalue weighted by Crippen LogP contribution is -2.51. The van der Waals surface area contributed by atoms with Crippen molar-refractivity contribution in [1.82, 2.24) is 10.6 Å². The molecule has 3 rings (SSSR count). The van der Waals surface area contributed by atoms with Gasteiger partial charge in [0.05, 0.1) is 6.04 Å². The smallest absolute Gasteiger partial charge is 0.237 e. The van der Waals surface area contributed by atoms with Gasteiger partial charge < -0.3 is 10.6 Å². The first kappa shape index (κ1) is 10.6. The average Bonchev–Trinajstić information content (AvgIpc) is 2.75. The van der Waals surface area contributed by atoms with E-state index in [0.717, 1.165) is 18.4 Å². The van der Waals surface area contributed by atoms with Crippen LogP contribution in [0.4, 0.5) is 0 Å². The highest BCUT2D eigenvalue weighted by molar-refractivity contribution is 5.83. The molecule has 90 valence electrons. The van der Waals surface area contributed by atoms with Crippen LogP contribution in [0.5, 0.6) is 0 Å². The number of nitrogens with one attached hydrogen (secondary N) is 2. The zero-order valence-corrected chi connectivity index (χ0v) is 10.0. The molecular weight excluding hydrogens is 200 g/mol. The van der Waals surface area contributed by atoms with Crippen LogP contribution in [0.3, 0.4) is 0 Å². The van der Waals surface area contributed by atoms with Crippen molar-refractivity contribution >= 4 is 5.91 Å². The number of amides is 1. The minimum Gasteiger partial charge on any atom is -0.352 e. The van der Waals surface area contributed by atoms with Gasteiger partial charge >= 0.3 is 0 Å². The largest absolute Gasteiger partial charge is 0.352 e. The second-order valence-electron chi connectivity index (χ2n) is 6.02. The quantitative estimate of drug-likeness (QED) is 0.739. The summed E-state index contributed by atoms with van der Waals surface area (Å²) in [6, 6.07) is 0.577. The molecule has 3 heteroatoms. The fourth-order valence-corrected chi connectivity index (χ4v) is 3.79. The lowest BCUT2D eigenvalue weighted by molar-refractivity contribution is -0.125. The van der Waals surface area contributed by atoms with Crippen LogP contribution in [-0.2, 0) is 4.79 Å². The molecule has 16 heavy (non-hydrogen) atoms. The molecule has 0 aromatic carbocycles. The number of carbonyl (C=O) groups is 1. The van der Waals surface area contributed by atoms with Crippen molar-refractivity contribution in [2.45, 2.75) is 51.1 Å². The van der Waals surface area contributed by atoms with Crippen LogP contribution in [0.15, 0.2) is 0 Å². The maximum Gasteiger partial charge on any atom is 0.237 e. The van der Waals surface area contributed by atoms with E-state index >= 15 is 0 Å². The van der Waals surface area contributed by atoms with Gasteiger partial charge in [-0.1, -0.05) is 13.3 Å². The Hall–Kier alpha value is -0.570. The van der Waals surface area contributed by atoms with Crippen molar-refractivity contribution in [3.05, 3.63) is 0 Å². The monoisotopic (exact) mass is 222 g/mol. The van der Waals surface area contributed by atoms with Gasteiger partial charge in [0.2, 0.25) is 5.91 Å². The summed E-state index contributed by atoms with van der Waals surface area (Å²) in [6.07, 6.45) is 6.24. The first-order valence-corrected chi connectivity index (χ1v) is 6.78. The molecule has 0 aromatic heterocycles. The molecule has 3 atom stereocenters. The highest BCUT2D eigenvalue weighted by Gasteiger charge is 2.43. The fourth-order valence-electron chi connectivity index (χ4n) is 3.79. The molecule has 2 aliphatic carbocycles. The Balaban J connectivity index is 1.54. The summed E-state index contributed by atoms with van der Waals surface area (Å²) in [6.45, 7) is 3.31. The first-order chi connectivity index (χ1) is 7.74. The van der Waals surface area contributed by atoms with E-state index in [0.29, 0.717) is 12.0 Å². The summed E-state index contributed by atoms with van der Waals surface area (Å²) in [5, 5.41) is 6.61. The van der Waals surface area contributed by atoms with Gasteiger partial charge in [-0.05, 0) is 50.0 Å². The highest BCUT2D eigenvalue weighted by Crippen LogP contribution is 2.38. The van der Waals surface area contributed by atoms with Gasteiger partial charge in [0, 0.05) is 6.04 Å². The standard InChI is InChI=1S/C13H22N2O/c1-8-5-10(6-8)15-13(16)12-11-4-2-3-9(11)7-14-12/h8-12,14H,2-7H2,1H3,(H,15,16). The molecule has 1 amide bonds. The fraction of sp³-hybridized carbons (Fsp3) is 0.923. The van der Waals surface area contributed by atoms with E-state index in [-0.39, 0.29) is 11.9 Å². The minimum absolute atomic E-state index is 0.114. The number of rotatable bonds is 2. The minimum atomic E-state index is 0.114. The number of hydrogen-bond donors (Lipinski definition) is 2. The summed E-state index contributed by atoms with van der Waals surface area (Å²) in [4.78, 5) is 12.1. The summed E-state index contributed by atoms with van der Waals surface area (Å²) in [5.74, 6) is 2.47. The predicted octanol–water partition coefficient (Wildman–Crippen LogP) is 1.29. The Morgan fingerprint density at radius 1 is 1.31 bits per heavy atom. The zero-order chi connectivity index (χ0) is 11.1. The van der Waals surface area contributed by atoms with Crippen molar-refractivity contribution in [2.75, 3.05) is 6.54 Å². The first-order valence-electron chi connectivity index (χ1n) is 6.78. The van der Waals surface area contributed by atoms with Crippen LogP contribution in [-0.4, -0.2) is 24.5 Å². The van der Waals surface area contributed by atoms with Crippen LogP contribution in [0.2, 0.25) is 0 Å². The average molecular weight is 222 g/mol. The van der Waals surface area contributed by atoms with Gasteiger partial charge in [-0.2, -0.15) is 0 Å². The molecule has 0 bridgehead atoms. The third-order valence-corrected chi connectivity index (χ3v) is 4.75. The zero-order valence-electron chi connectivity index (χ0n) is 10.0. The second kappa shape index (κ2) is 4.02. The molecule has 1 aliphatic heterocycles. The maximum absolute atomic E-state index is 12.1. The Morgan fingerprint density at radius 3 is 2.88 bits per heavy atom. The number of carbonyl (C=O) groups excluding carboxylic acids is 1. The van der Waals surface area contributed by atoms with E-state index in [1.165, 1.54) is 32.1 Å². The van der Waals surface area contributed by atoms with Crippen molar-refractivity contribution in [3.63, 3.8) is 0 Å². The van der Waals surface area contributed by atoms with Gasteiger partial charge in [-0.3, -0.25) is 4.79 Å². The van der Waals surface area contributed by atoms with E-state index < -0.39 is 0 Å². The van der Waals surface area contributed by atoms with Gasteiger partial charge in [0.25, 0.3) is 0 Å². The van der Waals surface area contributed by atoms with E-state index in [1.54, 1.807) is 0 Å². The Kier molecular flexibility index (Phi) is 2.66. The SMILES string of the molecule is CC1CC(NC(=O)C2NCC3CCCC32)C1. The van der Waals surface area contributed by atoms with Gasteiger partial charge in [0.15, 0.2) is 0 Å². The van der Waals surface area contributed by atoms with Crippen LogP contribution in [0, 0.1) is 17.8 Å². The lowest BCUT2D eigenvalue weighted by Gasteiger charge is -2.34. The van der Waals surface area contributed by atoms with Crippen LogP contribution < -0.4 is 10.6 Å². The van der Waals surface area contributed by atoms with Crippen molar-refractivity contribution in [1.29, 1.82) is 0 Å².